The van der Waals surface area contributed by atoms with Crippen LogP contribution in [0.4, 0.5) is 4.39 Å². The summed E-state index contributed by atoms with van der Waals surface area (Å²) in [5, 5.41) is 17.6. The summed E-state index contributed by atoms with van der Waals surface area (Å²) >= 11 is 1.36. The van der Waals surface area contributed by atoms with Gasteiger partial charge in [0.1, 0.15) is 17.9 Å². The number of benzene rings is 1. The highest BCUT2D eigenvalue weighted by Gasteiger charge is 2.32. The molecule has 1 aromatic carbocycles. The summed E-state index contributed by atoms with van der Waals surface area (Å²) < 4.78 is 12.5. The van der Waals surface area contributed by atoms with Crippen LogP contribution in [0.1, 0.15) is 25.0 Å². The number of halogens is 1. The van der Waals surface area contributed by atoms with Crippen LogP contribution in [-0.2, 0) is 10.5 Å². The van der Waals surface area contributed by atoms with Gasteiger partial charge in [-0.15, -0.1) is 11.8 Å². The summed E-state index contributed by atoms with van der Waals surface area (Å²) in [6, 6.07) is 5.05. The van der Waals surface area contributed by atoms with Gasteiger partial charge in [-0.2, -0.15) is 5.26 Å². The number of hydrogen-bond acceptors (Lipinski definition) is 4. The van der Waals surface area contributed by atoms with Crippen LogP contribution in [0.25, 0.3) is 0 Å². The number of carboxylic acids is 1. The van der Waals surface area contributed by atoms with E-state index in [9.17, 15) is 9.18 Å². The Morgan fingerprint density at radius 2 is 2.26 bits per heavy atom. The van der Waals surface area contributed by atoms with Crippen molar-refractivity contribution in [3.05, 3.63) is 35.1 Å². The maximum Gasteiger partial charge on any atom is 0.321 e. The molecule has 1 rings (SSSR count). The molecule has 0 radical (unpaired) electrons. The Morgan fingerprint density at radius 3 is 2.79 bits per heavy atom. The van der Waals surface area contributed by atoms with Crippen LogP contribution in [-0.4, -0.2) is 21.9 Å². The zero-order valence-electron chi connectivity index (χ0n) is 10.7. The summed E-state index contributed by atoms with van der Waals surface area (Å²) in [7, 11) is 0. The van der Waals surface area contributed by atoms with E-state index in [1.807, 2.05) is 0 Å². The Morgan fingerprint density at radius 1 is 1.63 bits per heavy atom. The molecule has 0 spiro atoms. The number of carbonyl (C=O) groups is 1. The molecule has 0 aliphatic rings. The van der Waals surface area contributed by atoms with Gasteiger partial charge >= 0.3 is 5.97 Å². The molecule has 19 heavy (non-hydrogen) atoms. The third kappa shape index (κ3) is 3.94. The number of thioether (sulfide) groups is 1. The molecule has 0 fully saturated rings. The summed E-state index contributed by atoms with van der Waals surface area (Å²) in [6.07, 6.45) is 0. The average molecular weight is 282 g/mol. The lowest BCUT2D eigenvalue weighted by Gasteiger charge is -2.28. The Kier molecular flexibility index (Phi) is 4.92. The van der Waals surface area contributed by atoms with Gasteiger partial charge in [-0.25, -0.2) is 4.39 Å². The van der Waals surface area contributed by atoms with Gasteiger partial charge in [0.15, 0.2) is 0 Å². The molecule has 0 bridgehead atoms. The molecule has 1 aromatic rings. The Labute approximate surface area is 115 Å². The average Bonchev–Trinajstić information content (AvgIpc) is 2.36. The van der Waals surface area contributed by atoms with Crippen LogP contribution in [0.15, 0.2) is 18.2 Å². The fourth-order valence-electron chi connectivity index (χ4n) is 1.40. The fourth-order valence-corrected chi connectivity index (χ4v) is 2.40. The van der Waals surface area contributed by atoms with Gasteiger partial charge in [-0.1, -0.05) is 6.07 Å². The molecule has 0 amide bonds. The van der Waals surface area contributed by atoms with Crippen molar-refractivity contribution in [3.8, 4) is 6.07 Å². The maximum atomic E-state index is 13.2. The van der Waals surface area contributed by atoms with Crippen molar-refractivity contribution in [3.63, 3.8) is 0 Å². The van der Waals surface area contributed by atoms with Gasteiger partial charge in [0.25, 0.3) is 0 Å². The minimum absolute atomic E-state index is 0.0153. The van der Waals surface area contributed by atoms with Gasteiger partial charge in [0, 0.05) is 10.5 Å². The molecule has 3 N–H and O–H groups in total. The standard InChI is InChI=1S/C13H15FN2O2S/c1-13(2,11(16)12(17)18)19-7-8-3-4-10(14)9(5-8)6-15/h3-5,11H,7,16H2,1-2H3,(H,17,18)/t11-/m0/s1. The van der Waals surface area contributed by atoms with Gasteiger partial charge < -0.3 is 10.8 Å². The second-order valence-corrected chi connectivity index (χ2v) is 6.26. The molecule has 0 aliphatic carbocycles. The van der Waals surface area contributed by atoms with Crippen molar-refractivity contribution < 1.29 is 14.3 Å². The van der Waals surface area contributed by atoms with E-state index in [0.717, 1.165) is 5.56 Å². The second kappa shape index (κ2) is 6.04. The number of hydrogen-bond donors (Lipinski definition) is 2. The Balaban J connectivity index is 2.77. The van der Waals surface area contributed by atoms with E-state index in [0.29, 0.717) is 5.75 Å². The first kappa shape index (κ1) is 15.5. The summed E-state index contributed by atoms with van der Waals surface area (Å²) in [5.41, 5.74) is 6.35. The molecule has 0 saturated carbocycles. The number of aliphatic carboxylic acids is 1. The largest absolute Gasteiger partial charge is 0.480 e. The summed E-state index contributed by atoms with van der Waals surface area (Å²) in [4.78, 5) is 10.9. The van der Waals surface area contributed by atoms with Gasteiger partial charge in [0.05, 0.1) is 5.56 Å². The van der Waals surface area contributed by atoms with Gasteiger partial charge in [-0.05, 0) is 31.5 Å². The van der Waals surface area contributed by atoms with Crippen molar-refractivity contribution in [2.75, 3.05) is 0 Å². The minimum atomic E-state index is -1.06. The normalized spacial score (nSPS) is 12.8. The number of carboxylic acid groups (broad SMARTS) is 1. The number of nitrogens with zero attached hydrogens (tertiary/aromatic N) is 1. The first-order valence-electron chi connectivity index (χ1n) is 5.59. The molecule has 1 atom stereocenters. The quantitative estimate of drug-likeness (QED) is 0.863. The van der Waals surface area contributed by atoms with Crippen molar-refractivity contribution in [2.24, 2.45) is 5.73 Å². The lowest BCUT2D eigenvalue weighted by Crippen LogP contribution is -2.46. The molecule has 102 valence electrons. The van der Waals surface area contributed by atoms with Crippen LogP contribution >= 0.6 is 11.8 Å². The molecule has 0 aromatic heterocycles. The highest BCUT2D eigenvalue weighted by molar-refractivity contribution is 7.99. The molecule has 4 nitrogen and oxygen atoms in total. The van der Waals surface area contributed by atoms with E-state index in [1.54, 1.807) is 26.0 Å². The van der Waals surface area contributed by atoms with Crippen LogP contribution in [0, 0.1) is 17.1 Å². The first-order valence-corrected chi connectivity index (χ1v) is 6.57. The zero-order valence-corrected chi connectivity index (χ0v) is 11.5. The fraction of sp³-hybridized carbons (Fsp3) is 0.385. The lowest BCUT2D eigenvalue weighted by atomic mass is 10.1. The molecule has 0 saturated heterocycles. The van der Waals surface area contributed by atoms with Crippen LogP contribution < -0.4 is 5.73 Å². The highest BCUT2D eigenvalue weighted by atomic mass is 32.2. The predicted octanol–water partition coefficient (Wildman–Crippen LogP) is 2.12. The molecule has 6 heteroatoms. The Hall–Kier alpha value is -1.58. The van der Waals surface area contributed by atoms with Crippen LogP contribution in [0.3, 0.4) is 0 Å². The lowest BCUT2D eigenvalue weighted by molar-refractivity contribution is -0.139. The highest BCUT2D eigenvalue weighted by Crippen LogP contribution is 2.31. The summed E-state index contributed by atoms with van der Waals surface area (Å²) in [5.74, 6) is -1.16. The Bertz CT molecular complexity index is 526. The monoisotopic (exact) mass is 282 g/mol. The van der Waals surface area contributed by atoms with E-state index >= 15 is 0 Å². The molecule has 0 aliphatic heterocycles. The second-order valence-electron chi connectivity index (χ2n) is 4.63. The van der Waals surface area contributed by atoms with Crippen LogP contribution in [0.2, 0.25) is 0 Å². The minimum Gasteiger partial charge on any atom is -0.480 e. The van der Waals surface area contributed by atoms with E-state index in [-0.39, 0.29) is 5.56 Å². The van der Waals surface area contributed by atoms with E-state index < -0.39 is 22.6 Å². The topological polar surface area (TPSA) is 87.1 Å². The van der Waals surface area contributed by atoms with Crippen molar-refractivity contribution in [1.82, 2.24) is 0 Å². The van der Waals surface area contributed by atoms with Crippen molar-refractivity contribution in [1.29, 1.82) is 5.26 Å². The molecule has 0 unspecified atom stereocenters. The maximum absolute atomic E-state index is 13.2. The third-order valence-corrected chi connectivity index (χ3v) is 4.25. The molecular formula is C13H15FN2O2S. The third-order valence-electron chi connectivity index (χ3n) is 2.78. The molecular weight excluding hydrogens is 267 g/mol. The van der Waals surface area contributed by atoms with E-state index in [4.69, 9.17) is 16.1 Å². The van der Waals surface area contributed by atoms with E-state index in [1.165, 1.54) is 23.9 Å². The number of rotatable bonds is 5. The van der Waals surface area contributed by atoms with Crippen molar-refractivity contribution >= 4 is 17.7 Å². The summed E-state index contributed by atoms with van der Waals surface area (Å²) in [6.45, 7) is 3.48. The van der Waals surface area contributed by atoms with Crippen LogP contribution in [0.5, 0.6) is 0 Å². The smallest absolute Gasteiger partial charge is 0.321 e. The van der Waals surface area contributed by atoms with Crippen molar-refractivity contribution in [2.45, 2.75) is 30.4 Å². The number of nitriles is 1. The zero-order chi connectivity index (χ0) is 14.6. The van der Waals surface area contributed by atoms with Gasteiger partial charge in [0.2, 0.25) is 0 Å². The SMILES string of the molecule is CC(C)(SCc1ccc(F)c(C#N)c1)[C@@H](N)C(=O)O. The predicted molar refractivity (Wildman–Crippen MR) is 72.1 cm³/mol. The molecule has 0 heterocycles. The van der Waals surface area contributed by atoms with E-state index in [2.05, 4.69) is 0 Å². The number of nitrogens with two attached hydrogens (primary N) is 1. The van der Waals surface area contributed by atoms with Gasteiger partial charge in [-0.3, -0.25) is 4.79 Å². The first-order chi connectivity index (χ1) is 8.77.